The Labute approximate surface area is 80.7 Å². The summed E-state index contributed by atoms with van der Waals surface area (Å²) in [5.74, 6) is -0.516. The molecule has 1 heterocycles. The first-order chi connectivity index (χ1) is 6.17. The fraction of sp³-hybridized carbons (Fsp3) is 0.250. The summed E-state index contributed by atoms with van der Waals surface area (Å²) in [4.78, 5) is 14.8. The second kappa shape index (κ2) is 4.20. The maximum absolute atomic E-state index is 11.0. The normalized spacial score (nSPS) is 9.77. The lowest BCUT2D eigenvalue weighted by molar-refractivity contribution is 0.0594. The van der Waals surface area contributed by atoms with Crippen LogP contribution in [0.25, 0.3) is 0 Å². The van der Waals surface area contributed by atoms with Crippen LogP contribution in [0.1, 0.15) is 16.1 Å². The van der Waals surface area contributed by atoms with Crippen LogP contribution in [0.2, 0.25) is 5.15 Å². The Hall–Kier alpha value is -1.13. The smallest absolute Gasteiger partial charge is 0.356 e. The molecule has 0 saturated heterocycles. The number of ether oxygens (including phenoxy) is 1. The highest BCUT2D eigenvalue weighted by molar-refractivity contribution is 6.29. The fourth-order valence-corrected chi connectivity index (χ4v) is 1.11. The van der Waals surface area contributed by atoms with E-state index in [0.29, 0.717) is 6.54 Å². The van der Waals surface area contributed by atoms with Crippen LogP contribution in [0.15, 0.2) is 12.1 Å². The molecule has 4 nitrogen and oxygen atoms in total. The second-order valence-electron chi connectivity index (χ2n) is 2.38. The molecule has 0 bridgehead atoms. The number of aromatic nitrogens is 1. The number of carbonyl (C=O) groups excluding carboxylic acids is 1. The minimum atomic E-state index is -0.516. The summed E-state index contributed by atoms with van der Waals surface area (Å²) in [6, 6.07) is 3.16. The van der Waals surface area contributed by atoms with Crippen molar-refractivity contribution in [2.24, 2.45) is 5.73 Å². The molecule has 0 aliphatic carbocycles. The molecule has 0 aliphatic rings. The van der Waals surface area contributed by atoms with Gasteiger partial charge in [0, 0.05) is 6.54 Å². The van der Waals surface area contributed by atoms with Crippen LogP contribution in [-0.2, 0) is 11.3 Å². The molecule has 70 valence electrons. The van der Waals surface area contributed by atoms with Gasteiger partial charge in [0.2, 0.25) is 0 Å². The average molecular weight is 201 g/mol. The van der Waals surface area contributed by atoms with Crippen molar-refractivity contribution in [2.45, 2.75) is 6.54 Å². The van der Waals surface area contributed by atoms with Gasteiger partial charge in [-0.25, -0.2) is 9.78 Å². The van der Waals surface area contributed by atoms with Crippen LogP contribution in [0.5, 0.6) is 0 Å². The number of esters is 1. The summed E-state index contributed by atoms with van der Waals surface area (Å²) in [5, 5.41) is 0.239. The molecule has 0 radical (unpaired) electrons. The van der Waals surface area contributed by atoms with E-state index in [4.69, 9.17) is 17.3 Å². The summed E-state index contributed by atoms with van der Waals surface area (Å²) in [6.07, 6.45) is 0. The highest BCUT2D eigenvalue weighted by atomic mass is 35.5. The number of nitrogens with two attached hydrogens (primary N) is 1. The van der Waals surface area contributed by atoms with Crippen molar-refractivity contribution in [2.75, 3.05) is 7.11 Å². The van der Waals surface area contributed by atoms with Crippen molar-refractivity contribution in [3.8, 4) is 0 Å². The lowest BCUT2D eigenvalue weighted by atomic mass is 10.2. The maximum Gasteiger partial charge on any atom is 0.356 e. The van der Waals surface area contributed by atoms with Gasteiger partial charge in [-0.3, -0.25) is 0 Å². The number of methoxy groups -OCH3 is 1. The third-order valence-electron chi connectivity index (χ3n) is 1.48. The van der Waals surface area contributed by atoms with Gasteiger partial charge in [0.15, 0.2) is 0 Å². The first-order valence-corrected chi connectivity index (χ1v) is 4.00. The van der Waals surface area contributed by atoms with Crippen LogP contribution in [0.3, 0.4) is 0 Å². The number of pyridine rings is 1. The third-order valence-corrected chi connectivity index (χ3v) is 1.68. The van der Waals surface area contributed by atoms with Gasteiger partial charge in [-0.15, -0.1) is 0 Å². The van der Waals surface area contributed by atoms with Crippen LogP contribution in [0.4, 0.5) is 0 Å². The maximum atomic E-state index is 11.0. The highest BCUT2D eigenvalue weighted by Crippen LogP contribution is 2.10. The third kappa shape index (κ3) is 2.40. The summed E-state index contributed by atoms with van der Waals surface area (Å²) in [5.41, 5.74) is 6.32. The summed E-state index contributed by atoms with van der Waals surface area (Å²) < 4.78 is 4.49. The Balaban J connectivity index is 3.08. The van der Waals surface area contributed by atoms with E-state index in [1.807, 2.05) is 0 Å². The van der Waals surface area contributed by atoms with E-state index in [-0.39, 0.29) is 10.8 Å². The molecule has 13 heavy (non-hydrogen) atoms. The van der Waals surface area contributed by atoms with Gasteiger partial charge in [-0.05, 0) is 17.7 Å². The minimum Gasteiger partial charge on any atom is -0.464 e. The summed E-state index contributed by atoms with van der Waals surface area (Å²) in [6.45, 7) is 0.312. The van der Waals surface area contributed by atoms with Gasteiger partial charge in [0.05, 0.1) is 7.11 Å². The minimum absolute atomic E-state index is 0.176. The van der Waals surface area contributed by atoms with Gasteiger partial charge < -0.3 is 10.5 Å². The van der Waals surface area contributed by atoms with Crippen molar-refractivity contribution < 1.29 is 9.53 Å². The molecule has 0 saturated carbocycles. The van der Waals surface area contributed by atoms with Crippen molar-refractivity contribution in [3.63, 3.8) is 0 Å². The molecule has 0 aliphatic heterocycles. The van der Waals surface area contributed by atoms with Gasteiger partial charge in [-0.2, -0.15) is 0 Å². The van der Waals surface area contributed by atoms with E-state index in [1.54, 1.807) is 12.1 Å². The summed E-state index contributed by atoms with van der Waals surface area (Å²) >= 11 is 5.66. The molecule has 1 aromatic heterocycles. The lowest BCUT2D eigenvalue weighted by Gasteiger charge is -2.01. The van der Waals surface area contributed by atoms with E-state index in [2.05, 4.69) is 9.72 Å². The molecule has 0 spiro atoms. The van der Waals surface area contributed by atoms with Gasteiger partial charge in [0.25, 0.3) is 0 Å². The molecule has 0 amide bonds. The molecule has 2 N–H and O–H groups in total. The molecule has 0 aromatic carbocycles. The zero-order chi connectivity index (χ0) is 9.84. The van der Waals surface area contributed by atoms with Crippen molar-refractivity contribution in [1.29, 1.82) is 0 Å². The van der Waals surface area contributed by atoms with Crippen molar-refractivity contribution >= 4 is 17.6 Å². The van der Waals surface area contributed by atoms with E-state index in [9.17, 15) is 4.79 Å². The summed E-state index contributed by atoms with van der Waals surface area (Å²) in [7, 11) is 1.28. The Morgan fingerprint density at radius 1 is 1.69 bits per heavy atom. The van der Waals surface area contributed by atoms with Crippen LogP contribution < -0.4 is 5.73 Å². The molecule has 0 atom stereocenters. The molecule has 5 heteroatoms. The quantitative estimate of drug-likeness (QED) is 0.571. The Morgan fingerprint density at radius 3 is 2.92 bits per heavy atom. The zero-order valence-electron chi connectivity index (χ0n) is 7.08. The van der Waals surface area contributed by atoms with E-state index < -0.39 is 5.97 Å². The van der Waals surface area contributed by atoms with Crippen molar-refractivity contribution in [1.82, 2.24) is 4.98 Å². The number of rotatable bonds is 2. The molecule has 0 fully saturated rings. The lowest BCUT2D eigenvalue weighted by Crippen LogP contribution is -2.06. The van der Waals surface area contributed by atoms with E-state index in [0.717, 1.165) is 5.56 Å². The first kappa shape index (κ1) is 9.95. The van der Waals surface area contributed by atoms with E-state index in [1.165, 1.54) is 7.11 Å². The largest absolute Gasteiger partial charge is 0.464 e. The van der Waals surface area contributed by atoms with Crippen LogP contribution in [-0.4, -0.2) is 18.1 Å². The molecule has 1 aromatic rings. The van der Waals surface area contributed by atoms with Gasteiger partial charge in [0.1, 0.15) is 10.8 Å². The number of hydrogen-bond acceptors (Lipinski definition) is 4. The average Bonchev–Trinajstić information content (AvgIpc) is 2.15. The van der Waals surface area contributed by atoms with Crippen LogP contribution in [0, 0.1) is 0 Å². The Kier molecular flexibility index (Phi) is 3.22. The highest BCUT2D eigenvalue weighted by Gasteiger charge is 2.08. The molecule has 1 rings (SSSR count). The first-order valence-electron chi connectivity index (χ1n) is 3.62. The Morgan fingerprint density at radius 2 is 2.38 bits per heavy atom. The van der Waals surface area contributed by atoms with Crippen LogP contribution >= 0.6 is 11.6 Å². The number of halogens is 1. The predicted octanol–water partition coefficient (Wildman–Crippen LogP) is 0.980. The van der Waals surface area contributed by atoms with Crippen molar-refractivity contribution in [3.05, 3.63) is 28.5 Å². The number of carbonyl (C=O) groups is 1. The molecular weight excluding hydrogens is 192 g/mol. The standard InChI is InChI=1S/C8H9ClN2O2/c1-13-8(12)6-2-5(4-10)3-7(9)11-6/h2-3H,4,10H2,1H3. The fourth-order valence-electron chi connectivity index (χ4n) is 0.877. The topological polar surface area (TPSA) is 65.2 Å². The zero-order valence-corrected chi connectivity index (χ0v) is 7.84. The molecular formula is C8H9ClN2O2. The number of hydrogen-bond donors (Lipinski definition) is 1. The number of nitrogens with zero attached hydrogens (tertiary/aromatic N) is 1. The van der Waals surface area contributed by atoms with E-state index >= 15 is 0 Å². The van der Waals surface area contributed by atoms with Gasteiger partial charge in [-0.1, -0.05) is 11.6 Å². The second-order valence-corrected chi connectivity index (χ2v) is 2.77. The SMILES string of the molecule is COC(=O)c1cc(CN)cc(Cl)n1. The van der Waals surface area contributed by atoms with Gasteiger partial charge >= 0.3 is 5.97 Å². The molecule has 0 unspecified atom stereocenters. The Bertz CT molecular complexity index is 328. The predicted molar refractivity (Wildman–Crippen MR) is 48.5 cm³/mol. The monoisotopic (exact) mass is 200 g/mol.